The van der Waals surface area contributed by atoms with Gasteiger partial charge in [0.25, 0.3) is 0 Å². The molecule has 22 heavy (non-hydrogen) atoms. The fourth-order valence-electron chi connectivity index (χ4n) is 2.71. The van der Waals surface area contributed by atoms with E-state index in [-0.39, 0.29) is 11.9 Å². The van der Waals surface area contributed by atoms with Crippen LogP contribution in [0.4, 0.5) is 10.2 Å². The van der Waals surface area contributed by atoms with Crippen molar-refractivity contribution in [2.45, 2.75) is 12.5 Å². The summed E-state index contributed by atoms with van der Waals surface area (Å²) >= 11 is 0. The highest BCUT2D eigenvalue weighted by molar-refractivity contribution is 5.60. The first-order chi connectivity index (χ1) is 10.7. The zero-order chi connectivity index (χ0) is 15.1. The SMILES string of the molecule is O[C@H]1CCN(c2ccc3nnc(-c4ccccc4F)n3n2)C1. The molecule has 0 aliphatic carbocycles. The van der Waals surface area contributed by atoms with E-state index < -0.39 is 0 Å². The molecule has 0 saturated carbocycles. The molecule has 1 saturated heterocycles. The van der Waals surface area contributed by atoms with Gasteiger partial charge in [0.2, 0.25) is 0 Å². The number of halogens is 1. The Bertz CT molecular complexity index is 834. The largest absolute Gasteiger partial charge is 0.391 e. The van der Waals surface area contributed by atoms with Gasteiger partial charge in [-0.2, -0.15) is 4.52 Å². The van der Waals surface area contributed by atoms with Crippen LogP contribution in [-0.4, -0.2) is 44.1 Å². The zero-order valence-electron chi connectivity index (χ0n) is 11.7. The van der Waals surface area contributed by atoms with E-state index in [0.717, 1.165) is 18.8 Å². The van der Waals surface area contributed by atoms with Gasteiger partial charge in [-0.05, 0) is 30.7 Å². The molecule has 3 aromatic rings. The first-order valence-electron chi connectivity index (χ1n) is 7.13. The highest BCUT2D eigenvalue weighted by atomic mass is 19.1. The van der Waals surface area contributed by atoms with Crippen LogP contribution in [0.5, 0.6) is 0 Å². The Labute approximate surface area is 125 Å². The van der Waals surface area contributed by atoms with Gasteiger partial charge in [-0.3, -0.25) is 0 Å². The van der Waals surface area contributed by atoms with Crippen molar-refractivity contribution in [1.82, 2.24) is 19.8 Å². The van der Waals surface area contributed by atoms with Gasteiger partial charge in [-0.15, -0.1) is 15.3 Å². The maximum atomic E-state index is 14.0. The summed E-state index contributed by atoms with van der Waals surface area (Å²) in [6.45, 7) is 1.30. The van der Waals surface area contributed by atoms with Crippen molar-refractivity contribution in [3.05, 3.63) is 42.2 Å². The highest BCUT2D eigenvalue weighted by Crippen LogP contribution is 2.23. The van der Waals surface area contributed by atoms with Crippen LogP contribution >= 0.6 is 0 Å². The van der Waals surface area contributed by atoms with E-state index in [1.807, 2.05) is 11.0 Å². The van der Waals surface area contributed by atoms with Crippen LogP contribution in [-0.2, 0) is 0 Å². The predicted molar refractivity (Wildman–Crippen MR) is 79.0 cm³/mol. The Balaban J connectivity index is 1.82. The van der Waals surface area contributed by atoms with Crippen LogP contribution in [0.2, 0.25) is 0 Å². The molecule has 1 fully saturated rings. The fraction of sp³-hybridized carbons (Fsp3) is 0.267. The van der Waals surface area contributed by atoms with E-state index in [2.05, 4.69) is 15.3 Å². The number of fused-ring (bicyclic) bond motifs is 1. The highest BCUT2D eigenvalue weighted by Gasteiger charge is 2.22. The normalized spacial score (nSPS) is 18.3. The Morgan fingerprint density at radius 1 is 1.14 bits per heavy atom. The van der Waals surface area contributed by atoms with Crippen molar-refractivity contribution < 1.29 is 9.50 Å². The van der Waals surface area contributed by atoms with Crippen LogP contribution in [0.1, 0.15) is 6.42 Å². The average Bonchev–Trinajstić information content (AvgIpc) is 3.13. The monoisotopic (exact) mass is 299 g/mol. The van der Waals surface area contributed by atoms with E-state index in [9.17, 15) is 9.50 Å². The fourth-order valence-corrected chi connectivity index (χ4v) is 2.71. The van der Waals surface area contributed by atoms with Crippen molar-refractivity contribution in [3.8, 4) is 11.4 Å². The molecule has 0 amide bonds. The van der Waals surface area contributed by atoms with Crippen molar-refractivity contribution in [1.29, 1.82) is 0 Å². The van der Waals surface area contributed by atoms with Crippen molar-refractivity contribution in [3.63, 3.8) is 0 Å². The molecule has 4 rings (SSSR count). The lowest BCUT2D eigenvalue weighted by Gasteiger charge is -2.16. The molecule has 6 nitrogen and oxygen atoms in total. The molecule has 2 aromatic heterocycles. The molecule has 0 bridgehead atoms. The summed E-state index contributed by atoms with van der Waals surface area (Å²) in [7, 11) is 0. The van der Waals surface area contributed by atoms with Crippen molar-refractivity contribution in [2.75, 3.05) is 18.0 Å². The second-order valence-electron chi connectivity index (χ2n) is 5.35. The molecule has 1 aliphatic heterocycles. The molecule has 1 aliphatic rings. The molecule has 0 radical (unpaired) electrons. The van der Waals surface area contributed by atoms with Gasteiger partial charge in [-0.25, -0.2) is 4.39 Å². The molecule has 1 atom stereocenters. The van der Waals surface area contributed by atoms with Gasteiger partial charge in [0, 0.05) is 13.1 Å². The quantitative estimate of drug-likeness (QED) is 0.777. The molecule has 1 N–H and O–H groups in total. The number of hydrogen-bond acceptors (Lipinski definition) is 5. The molecule has 0 unspecified atom stereocenters. The first kappa shape index (κ1) is 13.1. The summed E-state index contributed by atoms with van der Waals surface area (Å²) < 4.78 is 15.5. The summed E-state index contributed by atoms with van der Waals surface area (Å²) in [4.78, 5) is 2.00. The summed E-state index contributed by atoms with van der Waals surface area (Å²) in [5, 5.41) is 22.2. The van der Waals surface area contributed by atoms with Crippen LogP contribution in [0, 0.1) is 5.82 Å². The molecule has 112 valence electrons. The number of β-amino-alcohol motifs (C(OH)–C–C–N with tert-alkyl or cyclic N) is 1. The van der Waals surface area contributed by atoms with Crippen LogP contribution in [0.25, 0.3) is 17.0 Å². The lowest BCUT2D eigenvalue weighted by Crippen LogP contribution is -2.22. The van der Waals surface area contributed by atoms with Gasteiger partial charge in [0.15, 0.2) is 11.5 Å². The number of hydrogen-bond donors (Lipinski definition) is 1. The van der Waals surface area contributed by atoms with Gasteiger partial charge >= 0.3 is 0 Å². The second-order valence-corrected chi connectivity index (χ2v) is 5.35. The number of aliphatic hydroxyl groups excluding tert-OH is 1. The molecule has 7 heteroatoms. The average molecular weight is 299 g/mol. The summed E-state index contributed by atoms with van der Waals surface area (Å²) in [6, 6.07) is 10.1. The molecular weight excluding hydrogens is 285 g/mol. The van der Waals surface area contributed by atoms with Crippen molar-refractivity contribution in [2.24, 2.45) is 0 Å². The number of nitrogens with zero attached hydrogens (tertiary/aromatic N) is 5. The predicted octanol–water partition coefficient (Wildman–Crippen LogP) is 1.50. The van der Waals surface area contributed by atoms with E-state index in [1.165, 1.54) is 6.07 Å². The topological polar surface area (TPSA) is 66.5 Å². The Kier molecular flexibility index (Phi) is 3.00. The Hall–Kier alpha value is -2.54. The number of anilines is 1. The third-order valence-corrected chi connectivity index (χ3v) is 3.85. The first-order valence-corrected chi connectivity index (χ1v) is 7.13. The maximum Gasteiger partial charge on any atom is 0.188 e. The number of benzene rings is 1. The van der Waals surface area contributed by atoms with Crippen molar-refractivity contribution >= 4 is 11.5 Å². The molecule has 0 spiro atoms. The second kappa shape index (κ2) is 5.03. The van der Waals surface area contributed by atoms with Gasteiger partial charge in [0.05, 0.1) is 11.7 Å². The van der Waals surface area contributed by atoms with Crippen LogP contribution in [0.15, 0.2) is 36.4 Å². The minimum Gasteiger partial charge on any atom is -0.391 e. The summed E-state index contributed by atoms with van der Waals surface area (Å²) in [6.07, 6.45) is 0.395. The van der Waals surface area contributed by atoms with Gasteiger partial charge in [-0.1, -0.05) is 12.1 Å². The third-order valence-electron chi connectivity index (χ3n) is 3.85. The lowest BCUT2D eigenvalue weighted by atomic mass is 10.2. The smallest absolute Gasteiger partial charge is 0.188 e. The number of aliphatic hydroxyl groups is 1. The standard InChI is InChI=1S/C15H14FN5O/c16-12-4-2-1-3-11(12)15-18-17-13-5-6-14(19-21(13)15)20-8-7-10(22)9-20/h1-6,10,22H,7-9H2/t10-/m0/s1. The van der Waals surface area contributed by atoms with E-state index in [0.29, 0.717) is 23.6 Å². The van der Waals surface area contributed by atoms with Gasteiger partial charge in [0.1, 0.15) is 11.6 Å². The zero-order valence-corrected chi connectivity index (χ0v) is 11.7. The van der Waals surface area contributed by atoms with Crippen LogP contribution < -0.4 is 4.90 Å². The molecule has 3 heterocycles. The number of aromatic nitrogens is 4. The summed E-state index contributed by atoms with van der Waals surface area (Å²) in [5.74, 6) is 0.733. The van der Waals surface area contributed by atoms with E-state index in [1.54, 1.807) is 28.8 Å². The molecular formula is C15H14FN5O. The Morgan fingerprint density at radius 2 is 2.00 bits per heavy atom. The minimum absolute atomic E-state index is 0.329. The van der Waals surface area contributed by atoms with E-state index >= 15 is 0 Å². The minimum atomic E-state index is -0.361. The number of rotatable bonds is 2. The van der Waals surface area contributed by atoms with E-state index in [4.69, 9.17) is 0 Å². The van der Waals surface area contributed by atoms with Gasteiger partial charge < -0.3 is 10.0 Å². The summed E-state index contributed by atoms with van der Waals surface area (Å²) in [5.41, 5.74) is 0.919. The maximum absolute atomic E-state index is 14.0. The van der Waals surface area contributed by atoms with Crippen LogP contribution in [0.3, 0.4) is 0 Å². The third kappa shape index (κ3) is 2.10. The molecule has 1 aromatic carbocycles. The lowest BCUT2D eigenvalue weighted by molar-refractivity contribution is 0.198. The Morgan fingerprint density at radius 3 is 2.77 bits per heavy atom.